The number of aryl methyl sites for hydroxylation is 2. The van der Waals surface area contributed by atoms with Gasteiger partial charge in [0.15, 0.2) is 24.7 Å². The van der Waals surface area contributed by atoms with Crippen molar-refractivity contribution in [2.75, 3.05) is 31.4 Å². The third-order valence-electron chi connectivity index (χ3n) is 5.17. The summed E-state index contributed by atoms with van der Waals surface area (Å²) in [6.07, 6.45) is 5.95. The highest BCUT2D eigenvalue weighted by Gasteiger charge is 2.39. The number of fused-ring (bicyclic) bond motifs is 2. The van der Waals surface area contributed by atoms with Gasteiger partial charge < -0.3 is 14.1 Å². The second-order valence-corrected chi connectivity index (χ2v) is 7.47. The van der Waals surface area contributed by atoms with Crippen LogP contribution >= 0.6 is 15.9 Å². The third kappa shape index (κ3) is 4.88. The lowest BCUT2D eigenvalue weighted by molar-refractivity contribution is -0.697. The third-order valence-corrected chi connectivity index (χ3v) is 5.17. The number of carbonyl (C=O) groups is 3. The van der Waals surface area contributed by atoms with Gasteiger partial charge in [-0.1, -0.05) is 15.9 Å². The van der Waals surface area contributed by atoms with Crippen LogP contribution in [0.4, 0.5) is 5.69 Å². The molecule has 0 atom stereocenters. The molecule has 4 rings (SSSR count). The number of hydrogen-bond acceptors (Lipinski definition) is 7. The fourth-order valence-electron chi connectivity index (χ4n) is 3.56. The largest absolute Gasteiger partial charge is 0.462 e. The average Bonchev–Trinajstić information content (AvgIpc) is 3.19. The molecule has 0 aromatic carbocycles. The van der Waals surface area contributed by atoms with E-state index in [9.17, 15) is 14.4 Å². The number of furan rings is 1. The minimum Gasteiger partial charge on any atom is -0.462 e. The zero-order chi connectivity index (χ0) is 24.1. The van der Waals surface area contributed by atoms with Gasteiger partial charge in [0.05, 0.1) is 17.7 Å². The number of carbonyl (C=O) groups excluding carboxylic acids is 3. The van der Waals surface area contributed by atoms with Crippen molar-refractivity contribution in [1.29, 1.82) is 0 Å². The van der Waals surface area contributed by atoms with Crippen molar-refractivity contribution < 1.29 is 28.1 Å². The molecule has 33 heavy (non-hydrogen) atoms. The second-order valence-electron chi connectivity index (χ2n) is 7.47. The van der Waals surface area contributed by atoms with Crippen LogP contribution in [-0.4, -0.2) is 49.1 Å². The van der Waals surface area contributed by atoms with Crippen molar-refractivity contribution in [3.05, 3.63) is 76.8 Å². The maximum Gasteiger partial charge on any atom is 0.342 e. The van der Waals surface area contributed by atoms with E-state index in [1.54, 1.807) is 6.07 Å². The minimum atomic E-state index is -0.684. The topological polar surface area (TPSA) is 93.6 Å². The molecule has 0 unspecified atom stereocenters. The summed E-state index contributed by atoms with van der Waals surface area (Å²) in [6, 6.07) is 7.10. The molecule has 3 aromatic heterocycles. The lowest BCUT2D eigenvalue weighted by Crippen LogP contribution is -2.33. The summed E-state index contributed by atoms with van der Waals surface area (Å²) in [5, 5.41) is 0. The Bertz CT molecular complexity index is 1190. The van der Waals surface area contributed by atoms with Crippen LogP contribution in [0.5, 0.6) is 0 Å². The van der Waals surface area contributed by atoms with Crippen LogP contribution in [-0.2, 0) is 11.3 Å². The molecule has 3 heterocycles. The van der Waals surface area contributed by atoms with Gasteiger partial charge in [-0.3, -0.25) is 14.6 Å². The highest BCUT2D eigenvalue weighted by atomic mass is 79.9. The van der Waals surface area contributed by atoms with E-state index < -0.39 is 17.5 Å². The van der Waals surface area contributed by atoms with Crippen molar-refractivity contribution >= 4 is 39.2 Å². The van der Waals surface area contributed by atoms with Gasteiger partial charge in [-0.05, 0) is 24.9 Å². The zero-order valence-corrected chi connectivity index (χ0v) is 20.5. The Balaban J connectivity index is 0.00000149. The fraction of sp³-hybridized carbons (Fsp3) is 0.292. The number of ether oxygens (including phenoxy) is 1. The molecule has 0 aliphatic heterocycles. The number of halogens is 1. The molecule has 3 aromatic rings. The Labute approximate surface area is 200 Å². The van der Waals surface area contributed by atoms with E-state index in [2.05, 4.69) is 20.9 Å². The summed E-state index contributed by atoms with van der Waals surface area (Å²) in [6.45, 7) is 2.37. The molecule has 0 fully saturated rings. The molecule has 1 aliphatic rings. The number of esters is 1. The van der Waals surface area contributed by atoms with E-state index in [1.165, 1.54) is 19.2 Å². The highest BCUT2D eigenvalue weighted by molar-refractivity contribution is 9.08. The summed E-state index contributed by atoms with van der Waals surface area (Å²) in [7, 11) is 3.95. The van der Waals surface area contributed by atoms with Crippen molar-refractivity contribution in [2.24, 2.45) is 0 Å². The van der Waals surface area contributed by atoms with Crippen molar-refractivity contribution in [3.63, 3.8) is 0 Å². The Hall–Kier alpha value is -3.33. The molecule has 8 nitrogen and oxygen atoms in total. The lowest BCUT2D eigenvalue weighted by Gasteiger charge is -2.12. The summed E-state index contributed by atoms with van der Waals surface area (Å²) in [5.41, 5.74) is 1.22. The van der Waals surface area contributed by atoms with Crippen molar-refractivity contribution in [1.82, 2.24) is 4.98 Å². The first-order valence-electron chi connectivity index (χ1n) is 10.3. The van der Waals surface area contributed by atoms with Crippen LogP contribution in [0.1, 0.15) is 54.7 Å². The molecule has 172 valence electrons. The quantitative estimate of drug-likeness (QED) is 0.168. The molecule has 0 amide bonds. The predicted octanol–water partition coefficient (Wildman–Crippen LogP) is 3.37. The number of hydrogen-bond donors (Lipinski definition) is 0. The second kappa shape index (κ2) is 10.5. The maximum atomic E-state index is 12.9. The highest BCUT2D eigenvalue weighted by Crippen LogP contribution is 2.32. The minimum absolute atomic E-state index is 0.00681. The molecule has 0 saturated carbocycles. The van der Waals surface area contributed by atoms with Crippen molar-refractivity contribution in [2.45, 2.75) is 19.9 Å². The molecule has 0 N–H and O–H groups in total. The van der Waals surface area contributed by atoms with Crippen LogP contribution < -0.4 is 9.47 Å². The van der Waals surface area contributed by atoms with Gasteiger partial charge >= 0.3 is 5.97 Å². The SMILES string of the molecule is CBr.Cc1oc2c(c1C(=O)OCCC[n+]1ccc(N(C)C)cc1)C(=O)c1ncccc1C2=O. The van der Waals surface area contributed by atoms with Gasteiger partial charge in [-0.25, -0.2) is 9.36 Å². The molecular weight excluding hydrogens is 490 g/mol. The number of alkyl halides is 1. The number of anilines is 1. The van der Waals surface area contributed by atoms with Gasteiger partial charge in [0.25, 0.3) is 0 Å². The molecule has 9 heteroatoms. The van der Waals surface area contributed by atoms with Crippen LogP contribution in [0.2, 0.25) is 0 Å². The number of aromatic nitrogens is 2. The maximum absolute atomic E-state index is 12.9. The van der Waals surface area contributed by atoms with Gasteiger partial charge in [-0.15, -0.1) is 0 Å². The molecule has 1 aliphatic carbocycles. The van der Waals surface area contributed by atoms with Crippen LogP contribution in [0.25, 0.3) is 0 Å². The van der Waals surface area contributed by atoms with E-state index in [4.69, 9.17) is 9.15 Å². The standard InChI is InChI=1S/C23H22N3O5.CH3Br/c1-14-17(18-21(28)19-16(6-4-9-24-19)20(27)22(18)31-14)23(29)30-13-5-10-26-11-7-15(8-12-26)25(2)3;1-2/h4,6-9,11-12H,5,10,13H2,1-3H3;1H3/q+1;. The van der Waals surface area contributed by atoms with E-state index in [1.807, 2.05) is 53.9 Å². The fourth-order valence-corrected chi connectivity index (χ4v) is 3.56. The van der Waals surface area contributed by atoms with Gasteiger partial charge in [0.1, 0.15) is 17.0 Å². The summed E-state index contributed by atoms with van der Waals surface area (Å²) in [5.74, 6) is 0.205. The Morgan fingerprint density at radius 3 is 2.52 bits per heavy atom. The number of rotatable bonds is 6. The Morgan fingerprint density at radius 1 is 1.15 bits per heavy atom. The Kier molecular flexibility index (Phi) is 7.75. The lowest BCUT2D eigenvalue weighted by atomic mass is 9.90. The van der Waals surface area contributed by atoms with Gasteiger partial charge in [0, 0.05) is 44.5 Å². The summed E-state index contributed by atoms with van der Waals surface area (Å²) in [4.78, 5) is 44.3. The van der Waals surface area contributed by atoms with E-state index in [0.29, 0.717) is 13.0 Å². The van der Waals surface area contributed by atoms with Gasteiger partial charge in [-0.2, -0.15) is 0 Å². The van der Waals surface area contributed by atoms with Crippen molar-refractivity contribution in [3.8, 4) is 0 Å². The molecule has 0 saturated heterocycles. The summed E-state index contributed by atoms with van der Waals surface area (Å²) >= 11 is 2.94. The number of ketones is 2. The molecule has 0 radical (unpaired) electrons. The van der Waals surface area contributed by atoms with Crippen LogP contribution in [0.15, 0.2) is 47.3 Å². The number of nitrogens with zero attached hydrogens (tertiary/aromatic N) is 3. The van der Waals surface area contributed by atoms with Crippen LogP contribution in [0.3, 0.4) is 0 Å². The zero-order valence-electron chi connectivity index (χ0n) is 18.9. The Morgan fingerprint density at radius 2 is 1.85 bits per heavy atom. The first-order valence-corrected chi connectivity index (χ1v) is 11.9. The van der Waals surface area contributed by atoms with E-state index in [0.717, 1.165) is 5.69 Å². The summed E-state index contributed by atoms with van der Waals surface area (Å²) < 4.78 is 12.9. The van der Waals surface area contributed by atoms with Crippen LogP contribution in [0, 0.1) is 6.92 Å². The molecule has 0 bridgehead atoms. The average molecular weight is 515 g/mol. The normalized spacial score (nSPS) is 11.8. The smallest absolute Gasteiger partial charge is 0.342 e. The first-order chi connectivity index (χ1) is 15.9. The molecule has 0 spiro atoms. The van der Waals surface area contributed by atoms with E-state index >= 15 is 0 Å². The van der Waals surface area contributed by atoms with E-state index in [-0.39, 0.29) is 40.5 Å². The predicted molar refractivity (Wildman–Crippen MR) is 125 cm³/mol. The molecular formula is C24H25BrN3O5+. The van der Waals surface area contributed by atoms with Gasteiger partial charge in [0.2, 0.25) is 11.6 Å². The first kappa shape index (κ1) is 24.3. The number of pyridine rings is 2. The monoisotopic (exact) mass is 514 g/mol.